The molecule has 4 N–H and O–H groups in total. The Labute approximate surface area is 127 Å². The molecule has 0 aliphatic carbocycles. The van der Waals surface area contributed by atoms with E-state index < -0.39 is 5.91 Å². The van der Waals surface area contributed by atoms with Crippen LogP contribution in [0.3, 0.4) is 0 Å². The maximum absolute atomic E-state index is 11.0. The molecular weight excluding hydrogens is 288 g/mol. The first-order valence-electron chi connectivity index (χ1n) is 6.49. The lowest BCUT2D eigenvalue weighted by molar-refractivity contribution is 0.0972. The Kier molecular flexibility index (Phi) is 4.99. The number of hydrogen-bond acceptors (Lipinski definition) is 4. The number of rotatable bonds is 5. The summed E-state index contributed by atoms with van der Waals surface area (Å²) in [6.07, 6.45) is 0. The summed E-state index contributed by atoms with van der Waals surface area (Å²) in [4.78, 5) is 16.3. The molecule has 1 unspecified atom stereocenters. The predicted molar refractivity (Wildman–Crippen MR) is 83.3 cm³/mol. The molecule has 0 fully saturated rings. The molecule has 0 radical (unpaired) electrons. The molecule has 0 saturated heterocycles. The minimum Gasteiger partial charge on any atom is -0.454 e. The molecule has 6 nitrogen and oxygen atoms in total. The normalized spacial score (nSPS) is 13.0. The van der Waals surface area contributed by atoms with Crippen molar-refractivity contribution in [3.8, 4) is 0 Å². The maximum Gasteiger partial charge on any atom is 0.284 e. The van der Waals surface area contributed by atoms with Crippen LogP contribution in [0.1, 0.15) is 34.2 Å². The van der Waals surface area contributed by atoms with Gasteiger partial charge < -0.3 is 20.8 Å². The number of carbonyl (C=O) groups is 1. The topological polar surface area (TPSA) is 92.6 Å². The number of carbonyl (C=O) groups excluding carboxylic acids is 1. The fraction of sp³-hybridized carbons (Fsp3) is 0.286. The van der Waals surface area contributed by atoms with Crippen LogP contribution in [0.2, 0.25) is 0 Å². The van der Waals surface area contributed by atoms with E-state index >= 15 is 0 Å². The number of aliphatic imine (C=N–C) groups is 1. The summed E-state index contributed by atoms with van der Waals surface area (Å²) in [5.41, 5.74) is 5.14. The molecule has 112 valence electrons. The zero-order valence-corrected chi connectivity index (χ0v) is 12.7. The lowest BCUT2D eigenvalue weighted by Gasteiger charge is -2.16. The van der Waals surface area contributed by atoms with Gasteiger partial charge in [-0.2, -0.15) is 0 Å². The Hall–Kier alpha value is -2.28. The molecule has 1 amide bonds. The maximum atomic E-state index is 11.0. The zero-order valence-electron chi connectivity index (χ0n) is 11.9. The largest absolute Gasteiger partial charge is 0.454 e. The van der Waals surface area contributed by atoms with E-state index in [4.69, 9.17) is 10.2 Å². The zero-order chi connectivity index (χ0) is 15.2. The fourth-order valence-corrected chi connectivity index (χ4v) is 2.52. The fourth-order valence-electron chi connectivity index (χ4n) is 1.78. The molecule has 2 rings (SSSR count). The lowest BCUT2D eigenvalue weighted by Crippen LogP contribution is -2.38. The average Bonchev–Trinajstić information content (AvgIpc) is 3.13. The van der Waals surface area contributed by atoms with Crippen molar-refractivity contribution >= 4 is 23.2 Å². The van der Waals surface area contributed by atoms with Crippen molar-refractivity contribution < 1.29 is 9.21 Å². The highest BCUT2D eigenvalue weighted by Crippen LogP contribution is 2.17. The Morgan fingerprint density at radius 3 is 2.86 bits per heavy atom. The second-order valence-electron chi connectivity index (χ2n) is 4.44. The molecule has 0 aromatic carbocycles. The number of guanidine groups is 1. The summed E-state index contributed by atoms with van der Waals surface area (Å²) in [5, 5.41) is 8.45. The molecule has 7 heteroatoms. The van der Waals surface area contributed by atoms with Crippen LogP contribution in [0.25, 0.3) is 0 Å². The third-order valence-corrected chi connectivity index (χ3v) is 3.94. The van der Waals surface area contributed by atoms with Gasteiger partial charge in [-0.1, -0.05) is 6.07 Å². The minimum atomic E-state index is -0.574. The van der Waals surface area contributed by atoms with E-state index in [1.807, 2.05) is 11.4 Å². The van der Waals surface area contributed by atoms with Crippen molar-refractivity contribution in [3.63, 3.8) is 0 Å². The van der Waals surface area contributed by atoms with Crippen LogP contribution < -0.4 is 16.4 Å². The van der Waals surface area contributed by atoms with E-state index in [1.165, 1.54) is 4.88 Å². The van der Waals surface area contributed by atoms with Gasteiger partial charge in [-0.25, -0.2) is 0 Å². The van der Waals surface area contributed by atoms with Crippen LogP contribution in [0.15, 0.2) is 39.1 Å². The van der Waals surface area contributed by atoms with E-state index in [-0.39, 0.29) is 11.8 Å². The molecule has 0 aliphatic heterocycles. The highest BCUT2D eigenvalue weighted by molar-refractivity contribution is 7.10. The SMILES string of the molecule is CN=C(NCc1ccc(C(N)=O)o1)NC(C)c1cccs1. The van der Waals surface area contributed by atoms with Gasteiger partial charge in [-0.15, -0.1) is 11.3 Å². The first-order chi connectivity index (χ1) is 10.1. The Balaban J connectivity index is 1.89. The van der Waals surface area contributed by atoms with Crippen LogP contribution in [-0.2, 0) is 6.54 Å². The summed E-state index contributed by atoms with van der Waals surface area (Å²) in [7, 11) is 1.70. The first-order valence-corrected chi connectivity index (χ1v) is 7.37. The molecular formula is C14H18N4O2S. The highest BCUT2D eigenvalue weighted by atomic mass is 32.1. The molecule has 1 atom stereocenters. The minimum absolute atomic E-state index is 0.154. The van der Waals surface area contributed by atoms with Crippen LogP contribution in [0.5, 0.6) is 0 Å². The monoisotopic (exact) mass is 306 g/mol. The summed E-state index contributed by atoms with van der Waals surface area (Å²) < 4.78 is 5.30. The summed E-state index contributed by atoms with van der Waals surface area (Å²) in [5.74, 6) is 0.861. The van der Waals surface area contributed by atoms with E-state index in [1.54, 1.807) is 30.5 Å². The average molecular weight is 306 g/mol. The number of furan rings is 1. The Bertz CT molecular complexity index is 619. The van der Waals surface area contributed by atoms with Crippen LogP contribution in [0, 0.1) is 0 Å². The van der Waals surface area contributed by atoms with Gasteiger partial charge in [0.15, 0.2) is 11.7 Å². The summed E-state index contributed by atoms with van der Waals surface area (Å²) >= 11 is 1.69. The third-order valence-electron chi connectivity index (χ3n) is 2.88. The van der Waals surface area contributed by atoms with Gasteiger partial charge in [0.2, 0.25) is 0 Å². The van der Waals surface area contributed by atoms with Gasteiger partial charge in [0.05, 0.1) is 12.6 Å². The van der Waals surface area contributed by atoms with E-state index in [2.05, 4.69) is 28.6 Å². The van der Waals surface area contributed by atoms with Crippen molar-refractivity contribution in [1.82, 2.24) is 10.6 Å². The molecule has 21 heavy (non-hydrogen) atoms. The molecule has 0 saturated carbocycles. The van der Waals surface area contributed by atoms with Crippen LogP contribution >= 0.6 is 11.3 Å². The Morgan fingerprint density at radius 1 is 1.48 bits per heavy atom. The molecule has 2 aromatic heterocycles. The summed E-state index contributed by atoms with van der Waals surface area (Å²) in [6.45, 7) is 2.49. The van der Waals surface area contributed by atoms with E-state index in [0.29, 0.717) is 18.3 Å². The number of amides is 1. The number of thiophene rings is 1. The standard InChI is InChI=1S/C14H18N4O2S/c1-9(12-4-3-7-21-12)18-14(16-2)17-8-10-5-6-11(20-10)13(15)19/h3-7,9H,8H2,1-2H3,(H2,15,19)(H2,16,17,18). The molecule has 2 heterocycles. The quantitative estimate of drug-likeness (QED) is 0.581. The Morgan fingerprint density at radius 2 is 2.29 bits per heavy atom. The van der Waals surface area contributed by atoms with Gasteiger partial charge in [0, 0.05) is 11.9 Å². The van der Waals surface area contributed by atoms with Crippen LogP contribution in [-0.4, -0.2) is 18.9 Å². The van der Waals surface area contributed by atoms with Crippen molar-refractivity contribution in [2.75, 3.05) is 7.05 Å². The highest BCUT2D eigenvalue weighted by Gasteiger charge is 2.10. The number of nitrogens with one attached hydrogen (secondary N) is 2. The number of nitrogens with two attached hydrogens (primary N) is 1. The van der Waals surface area contributed by atoms with E-state index in [9.17, 15) is 4.79 Å². The van der Waals surface area contributed by atoms with Crippen molar-refractivity contribution in [3.05, 3.63) is 46.0 Å². The first kappa shape index (κ1) is 15.1. The second kappa shape index (κ2) is 6.94. The van der Waals surface area contributed by atoms with Crippen molar-refractivity contribution in [2.24, 2.45) is 10.7 Å². The van der Waals surface area contributed by atoms with Crippen molar-refractivity contribution in [2.45, 2.75) is 19.5 Å². The molecule has 0 aliphatic rings. The molecule has 0 bridgehead atoms. The van der Waals surface area contributed by atoms with Crippen molar-refractivity contribution in [1.29, 1.82) is 0 Å². The van der Waals surface area contributed by atoms with Crippen LogP contribution in [0.4, 0.5) is 0 Å². The molecule has 0 spiro atoms. The number of nitrogens with zero attached hydrogens (tertiary/aromatic N) is 1. The number of primary amides is 1. The molecule has 2 aromatic rings. The predicted octanol–water partition coefficient (Wildman–Crippen LogP) is 1.87. The second-order valence-corrected chi connectivity index (χ2v) is 5.42. The number of hydrogen-bond donors (Lipinski definition) is 3. The lowest BCUT2D eigenvalue weighted by atomic mass is 10.3. The van der Waals surface area contributed by atoms with Gasteiger partial charge in [-0.3, -0.25) is 9.79 Å². The van der Waals surface area contributed by atoms with Gasteiger partial charge >= 0.3 is 0 Å². The van der Waals surface area contributed by atoms with Gasteiger partial charge in [0.1, 0.15) is 5.76 Å². The van der Waals surface area contributed by atoms with E-state index in [0.717, 1.165) is 0 Å². The summed E-state index contributed by atoms with van der Waals surface area (Å²) in [6, 6.07) is 7.52. The third kappa shape index (κ3) is 4.09. The van der Waals surface area contributed by atoms with Gasteiger partial charge in [-0.05, 0) is 30.5 Å². The smallest absolute Gasteiger partial charge is 0.284 e. The van der Waals surface area contributed by atoms with Gasteiger partial charge in [0.25, 0.3) is 5.91 Å².